The lowest BCUT2D eigenvalue weighted by molar-refractivity contribution is -0.249. The molecule has 1 fully saturated rings. The molecule has 2 aromatic carbocycles. The SMILES string of the molecule is CC(=O)[C@@]1(O)C[C@H](OC2CC(N)C(O)C(C)O2)c2c(O)c3c(c(O)c2C1(C)C)C(=O)c1ccccc1C3=O. The quantitative estimate of drug-likeness (QED) is 0.317. The molecule has 202 valence electrons. The second kappa shape index (κ2) is 8.69. The lowest BCUT2D eigenvalue weighted by Crippen LogP contribution is -2.58. The number of aliphatic hydroxyl groups is 2. The van der Waals surface area contributed by atoms with Crippen molar-refractivity contribution in [3.8, 4) is 11.5 Å². The topological polar surface area (TPSA) is 177 Å². The van der Waals surface area contributed by atoms with Crippen LogP contribution in [0.25, 0.3) is 0 Å². The predicted molar refractivity (Wildman–Crippen MR) is 133 cm³/mol. The third kappa shape index (κ3) is 3.48. The molecule has 0 amide bonds. The van der Waals surface area contributed by atoms with Gasteiger partial charge in [-0.1, -0.05) is 38.1 Å². The number of carbonyl (C=O) groups excluding carboxylic acids is 3. The number of benzene rings is 2. The van der Waals surface area contributed by atoms with Gasteiger partial charge in [0, 0.05) is 46.6 Å². The van der Waals surface area contributed by atoms with Crippen LogP contribution >= 0.6 is 0 Å². The van der Waals surface area contributed by atoms with Crippen molar-refractivity contribution in [2.24, 2.45) is 5.73 Å². The van der Waals surface area contributed by atoms with Crippen LogP contribution in [0.3, 0.4) is 0 Å². The summed E-state index contributed by atoms with van der Waals surface area (Å²) in [5, 5.41) is 45.0. The Morgan fingerprint density at radius 3 is 2.16 bits per heavy atom. The van der Waals surface area contributed by atoms with Crippen molar-refractivity contribution in [2.45, 2.75) is 82.2 Å². The number of Topliss-reactive ketones (excluding diaryl/α,β-unsaturated/α-hetero) is 1. The molecule has 2 aromatic rings. The fourth-order valence-electron chi connectivity index (χ4n) is 6.17. The number of aliphatic hydroxyl groups excluding tert-OH is 1. The molecule has 0 radical (unpaired) electrons. The summed E-state index contributed by atoms with van der Waals surface area (Å²) in [4.78, 5) is 39.8. The van der Waals surface area contributed by atoms with Gasteiger partial charge in [-0.05, 0) is 13.8 Å². The van der Waals surface area contributed by atoms with Crippen molar-refractivity contribution >= 4 is 17.3 Å². The van der Waals surface area contributed by atoms with Crippen molar-refractivity contribution in [3.05, 3.63) is 57.6 Å². The molecule has 38 heavy (non-hydrogen) atoms. The summed E-state index contributed by atoms with van der Waals surface area (Å²) in [6.07, 6.45) is -4.11. The smallest absolute Gasteiger partial charge is 0.198 e. The number of ether oxygens (including phenoxy) is 2. The van der Waals surface area contributed by atoms with Gasteiger partial charge in [0.05, 0.1) is 29.4 Å². The first-order chi connectivity index (χ1) is 17.7. The molecular formula is C28H31NO9. The summed E-state index contributed by atoms with van der Waals surface area (Å²) >= 11 is 0. The molecule has 1 aliphatic heterocycles. The van der Waals surface area contributed by atoms with Gasteiger partial charge >= 0.3 is 0 Å². The van der Waals surface area contributed by atoms with Gasteiger partial charge in [-0.3, -0.25) is 14.4 Å². The molecule has 0 aromatic heterocycles. The van der Waals surface area contributed by atoms with E-state index in [1.165, 1.54) is 32.9 Å². The summed E-state index contributed by atoms with van der Waals surface area (Å²) < 4.78 is 11.9. The molecule has 5 rings (SSSR count). The van der Waals surface area contributed by atoms with E-state index in [0.717, 1.165) is 0 Å². The number of phenolic OH excluding ortho intramolecular Hbond substituents is 2. The van der Waals surface area contributed by atoms with Gasteiger partial charge in [0.15, 0.2) is 23.6 Å². The lowest BCUT2D eigenvalue weighted by Gasteiger charge is -2.50. The molecular weight excluding hydrogens is 494 g/mol. The Morgan fingerprint density at radius 1 is 1.08 bits per heavy atom. The van der Waals surface area contributed by atoms with Crippen LogP contribution < -0.4 is 5.73 Å². The molecule has 1 heterocycles. The van der Waals surface area contributed by atoms with Gasteiger partial charge in [0.25, 0.3) is 0 Å². The minimum atomic E-state index is -2.08. The third-order valence-corrected chi connectivity index (χ3v) is 8.47. The van der Waals surface area contributed by atoms with E-state index in [9.17, 15) is 34.8 Å². The standard InChI is InChI=1S/C28H31NO9/c1-11-22(31)15(29)9-17(37-11)38-16-10-28(36,12(2)30)27(3,4)21-18(16)25(34)19-20(26(21)35)24(33)14-8-6-5-7-13(14)23(19)32/h5-8,11,15-17,22,31,34-36H,9-10,29H2,1-4H3/t11?,15?,16-,17?,22?,28-/m0/s1. The second-order valence-electron chi connectivity index (χ2n) is 11.0. The molecule has 6 atom stereocenters. The van der Waals surface area contributed by atoms with Crippen LogP contribution in [0.5, 0.6) is 11.5 Å². The minimum absolute atomic E-state index is 0.0198. The maximum atomic E-state index is 13.5. The second-order valence-corrected chi connectivity index (χ2v) is 11.0. The molecule has 1 saturated heterocycles. The third-order valence-electron chi connectivity index (χ3n) is 8.47. The van der Waals surface area contributed by atoms with Crippen molar-refractivity contribution in [2.75, 3.05) is 0 Å². The summed E-state index contributed by atoms with van der Waals surface area (Å²) in [7, 11) is 0. The van der Waals surface area contributed by atoms with E-state index in [-0.39, 0.29) is 40.7 Å². The first-order valence-corrected chi connectivity index (χ1v) is 12.5. The summed E-state index contributed by atoms with van der Waals surface area (Å²) in [5.41, 5.74) is 1.76. The average molecular weight is 526 g/mol. The fraction of sp³-hybridized carbons (Fsp3) is 0.464. The first-order valence-electron chi connectivity index (χ1n) is 12.5. The zero-order chi connectivity index (χ0) is 27.9. The Kier molecular flexibility index (Phi) is 6.05. The molecule has 10 nitrogen and oxygen atoms in total. The highest BCUT2D eigenvalue weighted by Gasteiger charge is 2.58. The van der Waals surface area contributed by atoms with Crippen molar-refractivity contribution < 1.29 is 44.3 Å². The highest BCUT2D eigenvalue weighted by Crippen LogP contribution is 2.58. The number of ketones is 3. The van der Waals surface area contributed by atoms with Gasteiger partial charge < -0.3 is 35.6 Å². The van der Waals surface area contributed by atoms with Crippen LogP contribution in [-0.2, 0) is 19.7 Å². The van der Waals surface area contributed by atoms with E-state index in [4.69, 9.17) is 15.2 Å². The molecule has 0 saturated carbocycles. The van der Waals surface area contributed by atoms with E-state index >= 15 is 0 Å². The van der Waals surface area contributed by atoms with Crippen LogP contribution in [0.15, 0.2) is 24.3 Å². The van der Waals surface area contributed by atoms with Crippen molar-refractivity contribution in [1.29, 1.82) is 0 Å². The molecule has 4 unspecified atom stereocenters. The Balaban J connectivity index is 1.74. The predicted octanol–water partition coefficient (Wildman–Crippen LogP) is 1.76. The van der Waals surface area contributed by atoms with Gasteiger partial charge in [-0.25, -0.2) is 0 Å². The average Bonchev–Trinajstić information content (AvgIpc) is 2.85. The number of aromatic hydroxyl groups is 2. The number of rotatable bonds is 3. The summed E-state index contributed by atoms with van der Waals surface area (Å²) in [6.45, 7) is 5.86. The van der Waals surface area contributed by atoms with Crippen LogP contribution in [0.1, 0.15) is 89.6 Å². The van der Waals surface area contributed by atoms with E-state index in [2.05, 4.69) is 0 Å². The van der Waals surface area contributed by atoms with Crippen molar-refractivity contribution in [1.82, 2.24) is 0 Å². The minimum Gasteiger partial charge on any atom is -0.507 e. The number of hydrogen-bond acceptors (Lipinski definition) is 10. The monoisotopic (exact) mass is 525 g/mol. The van der Waals surface area contributed by atoms with E-state index in [0.29, 0.717) is 0 Å². The number of phenols is 2. The Morgan fingerprint density at radius 2 is 1.63 bits per heavy atom. The number of nitrogens with two attached hydrogens (primary N) is 1. The highest BCUT2D eigenvalue weighted by molar-refractivity contribution is 6.30. The molecule has 0 bridgehead atoms. The maximum absolute atomic E-state index is 13.5. The fourth-order valence-corrected chi connectivity index (χ4v) is 6.17. The van der Waals surface area contributed by atoms with E-state index in [1.54, 1.807) is 19.1 Å². The number of fused-ring (bicyclic) bond motifs is 3. The van der Waals surface area contributed by atoms with Crippen LogP contribution in [0.2, 0.25) is 0 Å². The first kappa shape index (κ1) is 26.5. The Labute approximate surface area is 219 Å². The summed E-state index contributed by atoms with van der Waals surface area (Å²) in [5.74, 6) is -3.11. The van der Waals surface area contributed by atoms with Crippen molar-refractivity contribution in [3.63, 3.8) is 0 Å². The zero-order valence-corrected chi connectivity index (χ0v) is 21.5. The molecule has 2 aliphatic carbocycles. The van der Waals surface area contributed by atoms with E-state index < -0.39 is 76.1 Å². The molecule has 10 heteroatoms. The lowest BCUT2D eigenvalue weighted by atomic mass is 9.58. The van der Waals surface area contributed by atoms with Gasteiger partial charge in [0.2, 0.25) is 0 Å². The number of hydrogen-bond donors (Lipinski definition) is 5. The number of carbonyl (C=O) groups is 3. The normalized spacial score (nSPS) is 31.8. The Hall–Kier alpha value is -3.15. The molecule has 3 aliphatic rings. The Bertz CT molecular complexity index is 1370. The van der Waals surface area contributed by atoms with Gasteiger partial charge in [-0.2, -0.15) is 0 Å². The van der Waals surface area contributed by atoms with Crippen LogP contribution in [-0.4, -0.2) is 67.9 Å². The van der Waals surface area contributed by atoms with Crippen LogP contribution in [0.4, 0.5) is 0 Å². The highest BCUT2D eigenvalue weighted by atomic mass is 16.7. The molecule has 6 N–H and O–H groups in total. The molecule has 0 spiro atoms. The zero-order valence-electron chi connectivity index (χ0n) is 21.5. The van der Waals surface area contributed by atoms with Gasteiger partial charge in [0.1, 0.15) is 17.1 Å². The largest absolute Gasteiger partial charge is 0.507 e. The van der Waals surface area contributed by atoms with Crippen LogP contribution in [0, 0.1) is 0 Å². The maximum Gasteiger partial charge on any atom is 0.198 e. The van der Waals surface area contributed by atoms with E-state index in [1.807, 2.05) is 0 Å². The summed E-state index contributed by atoms with van der Waals surface area (Å²) in [6, 6.07) is 5.41. The van der Waals surface area contributed by atoms with Gasteiger partial charge in [-0.15, -0.1) is 0 Å².